The molecule has 0 radical (unpaired) electrons. The van der Waals surface area contributed by atoms with Crippen molar-refractivity contribution < 1.29 is 19.0 Å². The Hall–Kier alpha value is -4.68. The van der Waals surface area contributed by atoms with E-state index in [-0.39, 0.29) is 24.3 Å². The number of benzene rings is 2. The van der Waals surface area contributed by atoms with Gasteiger partial charge in [-0.2, -0.15) is 15.0 Å². The molecule has 0 saturated carbocycles. The Morgan fingerprint density at radius 2 is 1.82 bits per heavy atom. The van der Waals surface area contributed by atoms with Gasteiger partial charge in [0, 0.05) is 44.6 Å². The molecule has 1 fully saturated rings. The average Bonchev–Trinajstić information content (AvgIpc) is 2.98. The van der Waals surface area contributed by atoms with Crippen molar-refractivity contribution >= 4 is 29.3 Å². The molecule has 12 heteroatoms. The number of aromatic nitrogens is 4. The van der Waals surface area contributed by atoms with Gasteiger partial charge in [-0.15, -0.1) is 0 Å². The summed E-state index contributed by atoms with van der Waals surface area (Å²) in [5.74, 6) is 0.965. The molecule has 0 bridgehead atoms. The number of methoxy groups -OCH3 is 1. The Bertz CT molecular complexity index is 1450. The number of nitrogens with zero attached hydrogens (tertiary/aromatic N) is 6. The Morgan fingerprint density at radius 1 is 1.02 bits per heavy atom. The minimum Gasteiger partial charge on any atom is -0.496 e. The number of piperazine rings is 1. The monoisotopic (exact) mass is 544 g/mol. The maximum Gasteiger partial charge on any atom is 0.257 e. The van der Waals surface area contributed by atoms with Gasteiger partial charge < -0.3 is 25.4 Å². The molecule has 5 rings (SSSR count). The Morgan fingerprint density at radius 3 is 2.52 bits per heavy atom. The maximum absolute atomic E-state index is 14.2. The van der Waals surface area contributed by atoms with Crippen LogP contribution in [0.2, 0.25) is 0 Å². The number of carbonyl (C=O) groups is 1. The minimum atomic E-state index is -0.448. The third kappa shape index (κ3) is 6.47. The van der Waals surface area contributed by atoms with Crippen LogP contribution in [0.15, 0.2) is 66.9 Å². The topological polar surface area (TPSA) is 129 Å². The lowest BCUT2D eigenvalue weighted by Crippen LogP contribution is -2.47. The van der Waals surface area contributed by atoms with Gasteiger partial charge in [-0.05, 0) is 42.5 Å². The van der Waals surface area contributed by atoms with Gasteiger partial charge in [-0.1, -0.05) is 18.2 Å². The van der Waals surface area contributed by atoms with Crippen LogP contribution in [0.3, 0.4) is 0 Å². The van der Waals surface area contributed by atoms with Gasteiger partial charge in [0.15, 0.2) is 5.82 Å². The normalized spacial score (nSPS) is 13.6. The summed E-state index contributed by atoms with van der Waals surface area (Å²) in [7, 11) is 1.50. The fourth-order valence-corrected chi connectivity index (χ4v) is 4.29. The van der Waals surface area contributed by atoms with Crippen LogP contribution in [0.4, 0.5) is 27.8 Å². The van der Waals surface area contributed by atoms with Gasteiger partial charge in [-0.3, -0.25) is 9.69 Å². The third-order valence-electron chi connectivity index (χ3n) is 6.39. The maximum atomic E-state index is 14.2. The summed E-state index contributed by atoms with van der Waals surface area (Å²) in [5.41, 5.74) is 1.45. The molecule has 2 aromatic carbocycles. The first-order valence-electron chi connectivity index (χ1n) is 12.8. The van der Waals surface area contributed by atoms with Gasteiger partial charge in [0.1, 0.15) is 17.4 Å². The summed E-state index contributed by atoms with van der Waals surface area (Å²) in [6.45, 7) is 3.47. The van der Waals surface area contributed by atoms with E-state index in [9.17, 15) is 14.3 Å². The summed E-state index contributed by atoms with van der Waals surface area (Å²) < 4.78 is 19.6. The number of pyridine rings is 1. The van der Waals surface area contributed by atoms with Crippen LogP contribution >= 0.6 is 0 Å². The number of halogens is 1. The van der Waals surface area contributed by atoms with Gasteiger partial charge in [0.05, 0.1) is 24.8 Å². The Labute approximate surface area is 230 Å². The predicted octanol–water partition coefficient (Wildman–Crippen LogP) is 3.19. The number of rotatable bonds is 9. The molecule has 1 aliphatic heterocycles. The first-order valence-corrected chi connectivity index (χ1v) is 12.8. The van der Waals surface area contributed by atoms with Crippen LogP contribution in [0.1, 0.15) is 10.4 Å². The number of nitrogens with one attached hydrogen (secondary N) is 2. The second-order valence-corrected chi connectivity index (χ2v) is 9.06. The van der Waals surface area contributed by atoms with E-state index < -0.39 is 5.82 Å². The summed E-state index contributed by atoms with van der Waals surface area (Å²) in [6, 6.07) is 16.6. The van der Waals surface area contributed by atoms with E-state index in [2.05, 4.69) is 35.5 Å². The third-order valence-corrected chi connectivity index (χ3v) is 6.39. The van der Waals surface area contributed by atoms with Crippen molar-refractivity contribution in [1.29, 1.82) is 0 Å². The number of amides is 1. The molecule has 1 amide bonds. The molecule has 0 unspecified atom stereocenters. The number of anilines is 4. The van der Waals surface area contributed by atoms with Crippen molar-refractivity contribution in [3.8, 4) is 17.1 Å². The van der Waals surface area contributed by atoms with Crippen molar-refractivity contribution in [3.63, 3.8) is 0 Å². The second-order valence-electron chi connectivity index (χ2n) is 9.06. The predicted molar refractivity (Wildman–Crippen MR) is 149 cm³/mol. The molecule has 0 atom stereocenters. The molecule has 40 heavy (non-hydrogen) atoms. The lowest BCUT2D eigenvalue weighted by Gasteiger charge is -2.34. The smallest absolute Gasteiger partial charge is 0.257 e. The lowest BCUT2D eigenvalue weighted by molar-refractivity contribution is 0.102. The van der Waals surface area contributed by atoms with Crippen molar-refractivity contribution in [2.75, 3.05) is 62.0 Å². The number of aliphatic hydroxyl groups excluding tert-OH is 1. The first-order chi connectivity index (χ1) is 19.5. The quantitative estimate of drug-likeness (QED) is 0.289. The summed E-state index contributed by atoms with van der Waals surface area (Å²) >= 11 is 0. The average molecular weight is 545 g/mol. The molecular formula is C28H29FN8O3. The van der Waals surface area contributed by atoms with Crippen LogP contribution in [0, 0.1) is 5.82 Å². The van der Waals surface area contributed by atoms with Crippen molar-refractivity contribution in [2.45, 2.75) is 0 Å². The SMILES string of the molecule is COc1ccc(F)cc1-c1nc(Nc2ccc(C(=O)Nc3ccccc3)cn2)nc(N2CCN(CCO)CC2)n1. The zero-order valence-electron chi connectivity index (χ0n) is 21.9. The molecule has 3 heterocycles. The van der Waals surface area contributed by atoms with Gasteiger partial charge >= 0.3 is 0 Å². The van der Waals surface area contributed by atoms with Crippen molar-refractivity contribution in [2.24, 2.45) is 0 Å². The van der Waals surface area contributed by atoms with Crippen molar-refractivity contribution in [1.82, 2.24) is 24.8 Å². The molecule has 11 nitrogen and oxygen atoms in total. The van der Waals surface area contributed by atoms with Crippen molar-refractivity contribution in [3.05, 3.63) is 78.2 Å². The van der Waals surface area contributed by atoms with Crippen LogP contribution < -0.4 is 20.3 Å². The van der Waals surface area contributed by atoms with E-state index in [1.165, 1.54) is 31.5 Å². The highest BCUT2D eigenvalue weighted by molar-refractivity contribution is 6.04. The second kappa shape index (κ2) is 12.5. The van der Waals surface area contributed by atoms with E-state index >= 15 is 0 Å². The van der Waals surface area contributed by atoms with E-state index in [0.29, 0.717) is 54.0 Å². The molecule has 0 aliphatic carbocycles. The molecule has 206 valence electrons. The lowest BCUT2D eigenvalue weighted by atomic mass is 10.2. The largest absolute Gasteiger partial charge is 0.496 e. The number of para-hydroxylation sites is 1. The van der Waals surface area contributed by atoms with Crippen LogP contribution in [-0.2, 0) is 0 Å². The number of aliphatic hydroxyl groups is 1. The molecule has 2 aromatic heterocycles. The van der Waals surface area contributed by atoms with Gasteiger partial charge in [0.25, 0.3) is 5.91 Å². The van der Waals surface area contributed by atoms with E-state index in [0.717, 1.165) is 13.1 Å². The van der Waals surface area contributed by atoms with Gasteiger partial charge in [-0.25, -0.2) is 9.37 Å². The Balaban J connectivity index is 1.41. The zero-order chi connectivity index (χ0) is 27.9. The Kier molecular flexibility index (Phi) is 8.38. The molecule has 4 aromatic rings. The highest BCUT2D eigenvalue weighted by Crippen LogP contribution is 2.30. The molecule has 1 aliphatic rings. The van der Waals surface area contributed by atoms with Crippen LogP contribution in [0.5, 0.6) is 5.75 Å². The molecular weight excluding hydrogens is 515 g/mol. The number of ether oxygens (including phenoxy) is 1. The number of hydrogen-bond donors (Lipinski definition) is 3. The number of hydrogen-bond acceptors (Lipinski definition) is 10. The fraction of sp³-hybridized carbons (Fsp3) is 0.250. The summed E-state index contributed by atoms with van der Waals surface area (Å²) in [5, 5.41) is 15.2. The van der Waals surface area contributed by atoms with Crippen LogP contribution in [0.25, 0.3) is 11.4 Å². The highest BCUT2D eigenvalue weighted by Gasteiger charge is 2.22. The van der Waals surface area contributed by atoms with Gasteiger partial charge in [0.2, 0.25) is 11.9 Å². The van der Waals surface area contributed by atoms with E-state index in [1.54, 1.807) is 24.3 Å². The fourth-order valence-electron chi connectivity index (χ4n) is 4.29. The first kappa shape index (κ1) is 26.9. The van der Waals surface area contributed by atoms with E-state index in [4.69, 9.17) is 4.74 Å². The highest BCUT2D eigenvalue weighted by atomic mass is 19.1. The molecule has 0 spiro atoms. The standard InChI is InChI=1S/C28H29FN8O3/c1-40-23-9-8-20(29)17-22(23)25-33-27(35-28(34-25)37-13-11-36(12-14-37)15-16-38)32-24-10-7-19(18-30-24)26(39)31-21-5-3-2-4-6-21/h2-10,17-18,38H,11-16H2,1H3,(H,31,39)(H,30,32,33,34,35). The van der Waals surface area contributed by atoms with E-state index in [1.807, 2.05) is 23.1 Å². The van der Waals surface area contributed by atoms with Crippen LogP contribution in [-0.4, -0.2) is 82.3 Å². The summed E-state index contributed by atoms with van der Waals surface area (Å²) in [4.78, 5) is 34.9. The number of carbonyl (C=O) groups excluding carboxylic acids is 1. The molecule has 3 N–H and O–H groups in total. The number of β-amino-alcohol motifs (C(OH)–C–C–N with tert-alkyl or cyclic N) is 1. The minimum absolute atomic E-state index is 0.100. The zero-order valence-corrected chi connectivity index (χ0v) is 21.9. The molecule has 1 saturated heterocycles. The summed E-state index contributed by atoms with van der Waals surface area (Å²) in [6.07, 6.45) is 1.46.